The highest BCUT2D eigenvalue weighted by molar-refractivity contribution is 6.45. The molecule has 0 saturated carbocycles. The lowest BCUT2D eigenvalue weighted by molar-refractivity contribution is 0.0786. The third-order valence-corrected chi connectivity index (χ3v) is 4.25. The van der Waals surface area contributed by atoms with Crippen molar-refractivity contribution in [2.45, 2.75) is 12.5 Å². The van der Waals surface area contributed by atoms with Crippen molar-refractivity contribution >= 4 is 40.0 Å². The molecule has 0 bridgehead atoms. The number of likely N-dealkylation sites (tertiary alicyclic amines) is 1. The zero-order valence-electron chi connectivity index (χ0n) is 10.1. The molecule has 1 aromatic heterocycles. The Bertz CT molecular complexity index is 653. The SMILES string of the molecule is N[C@@H]1CCN(C(=O)c2cc3c(Cl)c(Cl)ccc3[nH]2)C1. The van der Waals surface area contributed by atoms with Crippen LogP contribution in [-0.4, -0.2) is 34.9 Å². The number of fused-ring (bicyclic) bond motifs is 1. The van der Waals surface area contributed by atoms with E-state index in [9.17, 15) is 4.79 Å². The van der Waals surface area contributed by atoms with Crippen LogP contribution in [0.15, 0.2) is 18.2 Å². The molecular weight excluding hydrogens is 285 g/mol. The summed E-state index contributed by atoms with van der Waals surface area (Å²) in [5.74, 6) is -0.0451. The fourth-order valence-corrected chi connectivity index (χ4v) is 2.78. The zero-order chi connectivity index (χ0) is 13.6. The Morgan fingerprint density at radius 1 is 1.42 bits per heavy atom. The van der Waals surface area contributed by atoms with Gasteiger partial charge in [-0.3, -0.25) is 4.79 Å². The summed E-state index contributed by atoms with van der Waals surface area (Å²) in [5.41, 5.74) is 7.15. The maximum Gasteiger partial charge on any atom is 0.270 e. The van der Waals surface area contributed by atoms with Gasteiger partial charge in [0.2, 0.25) is 0 Å². The molecule has 0 unspecified atom stereocenters. The zero-order valence-corrected chi connectivity index (χ0v) is 11.6. The fourth-order valence-electron chi connectivity index (χ4n) is 2.40. The molecule has 4 nitrogen and oxygen atoms in total. The molecule has 1 atom stereocenters. The van der Waals surface area contributed by atoms with Crippen molar-refractivity contribution in [2.24, 2.45) is 5.73 Å². The van der Waals surface area contributed by atoms with E-state index in [4.69, 9.17) is 28.9 Å². The average Bonchev–Trinajstić information content (AvgIpc) is 2.99. The molecule has 19 heavy (non-hydrogen) atoms. The van der Waals surface area contributed by atoms with E-state index in [1.807, 2.05) is 6.07 Å². The number of benzene rings is 1. The summed E-state index contributed by atoms with van der Waals surface area (Å²) in [5, 5.41) is 1.71. The molecule has 2 heterocycles. The van der Waals surface area contributed by atoms with Gasteiger partial charge < -0.3 is 15.6 Å². The Hall–Kier alpha value is -1.23. The number of rotatable bonds is 1. The first-order chi connectivity index (χ1) is 9.06. The summed E-state index contributed by atoms with van der Waals surface area (Å²) in [7, 11) is 0. The predicted molar refractivity (Wildman–Crippen MR) is 76.8 cm³/mol. The Morgan fingerprint density at radius 2 is 2.21 bits per heavy atom. The average molecular weight is 298 g/mol. The lowest BCUT2D eigenvalue weighted by Crippen LogP contribution is -2.32. The third kappa shape index (κ3) is 2.20. The maximum atomic E-state index is 12.3. The lowest BCUT2D eigenvalue weighted by atomic mass is 10.2. The number of nitrogens with zero attached hydrogens (tertiary/aromatic N) is 1. The van der Waals surface area contributed by atoms with Crippen molar-refractivity contribution in [1.82, 2.24) is 9.88 Å². The van der Waals surface area contributed by atoms with Gasteiger partial charge in [-0.15, -0.1) is 0 Å². The number of halogens is 2. The number of H-pyrrole nitrogens is 1. The quantitative estimate of drug-likeness (QED) is 0.850. The minimum Gasteiger partial charge on any atom is -0.350 e. The summed E-state index contributed by atoms with van der Waals surface area (Å²) < 4.78 is 0. The molecular formula is C13H13Cl2N3O. The Morgan fingerprint density at radius 3 is 2.89 bits per heavy atom. The number of hydrogen-bond acceptors (Lipinski definition) is 2. The summed E-state index contributed by atoms with van der Waals surface area (Å²) >= 11 is 12.1. The number of aromatic amines is 1. The van der Waals surface area contributed by atoms with Crippen LogP contribution in [0.4, 0.5) is 0 Å². The molecule has 1 aromatic carbocycles. The molecule has 3 N–H and O–H groups in total. The van der Waals surface area contributed by atoms with Gasteiger partial charge in [0.25, 0.3) is 5.91 Å². The maximum absolute atomic E-state index is 12.3. The highest BCUT2D eigenvalue weighted by Gasteiger charge is 2.25. The number of aromatic nitrogens is 1. The second-order valence-corrected chi connectivity index (χ2v) is 5.59. The van der Waals surface area contributed by atoms with Gasteiger partial charge in [0.1, 0.15) is 5.69 Å². The van der Waals surface area contributed by atoms with Crippen LogP contribution in [0.25, 0.3) is 10.9 Å². The number of nitrogens with two attached hydrogens (primary N) is 1. The Kier molecular flexibility index (Phi) is 3.17. The second-order valence-electron chi connectivity index (χ2n) is 4.81. The summed E-state index contributed by atoms with van der Waals surface area (Å²) in [6.07, 6.45) is 0.846. The molecule has 1 aliphatic rings. The van der Waals surface area contributed by atoms with Crippen LogP contribution in [0.2, 0.25) is 10.0 Å². The number of amides is 1. The molecule has 1 aliphatic heterocycles. The van der Waals surface area contributed by atoms with Crippen LogP contribution >= 0.6 is 23.2 Å². The van der Waals surface area contributed by atoms with E-state index < -0.39 is 0 Å². The summed E-state index contributed by atoms with van der Waals surface area (Å²) in [4.78, 5) is 17.2. The van der Waals surface area contributed by atoms with Gasteiger partial charge in [0, 0.05) is 30.0 Å². The Balaban J connectivity index is 1.97. The van der Waals surface area contributed by atoms with Gasteiger partial charge in [0.05, 0.1) is 10.0 Å². The van der Waals surface area contributed by atoms with Crippen LogP contribution in [0.1, 0.15) is 16.9 Å². The van der Waals surface area contributed by atoms with E-state index >= 15 is 0 Å². The fraction of sp³-hybridized carbons (Fsp3) is 0.308. The molecule has 6 heteroatoms. The number of hydrogen-bond donors (Lipinski definition) is 2. The van der Waals surface area contributed by atoms with Crippen LogP contribution in [-0.2, 0) is 0 Å². The van der Waals surface area contributed by atoms with E-state index in [0.29, 0.717) is 28.8 Å². The van der Waals surface area contributed by atoms with Crippen molar-refractivity contribution in [1.29, 1.82) is 0 Å². The molecule has 0 radical (unpaired) electrons. The van der Waals surface area contributed by atoms with Crippen molar-refractivity contribution in [3.8, 4) is 0 Å². The molecule has 2 aromatic rings. The van der Waals surface area contributed by atoms with E-state index in [-0.39, 0.29) is 11.9 Å². The molecule has 3 rings (SSSR count). The lowest BCUT2D eigenvalue weighted by Gasteiger charge is -2.14. The van der Waals surface area contributed by atoms with E-state index in [1.165, 1.54) is 0 Å². The van der Waals surface area contributed by atoms with Crippen LogP contribution in [0.5, 0.6) is 0 Å². The normalized spacial score (nSPS) is 19.3. The molecule has 0 spiro atoms. The van der Waals surface area contributed by atoms with Gasteiger partial charge >= 0.3 is 0 Å². The third-order valence-electron chi connectivity index (χ3n) is 3.43. The van der Waals surface area contributed by atoms with Crippen molar-refractivity contribution in [2.75, 3.05) is 13.1 Å². The predicted octanol–water partition coefficient (Wildman–Crippen LogP) is 2.65. The van der Waals surface area contributed by atoms with Gasteiger partial charge in [-0.25, -0.2) is 0 Å². The van der Waals surface area contributed by atoms with Gasteiger partial charge in [0.15, 0.2) is 0 Å². The largest absolute Gasteiger partial charge is 0.350 e. The molecule has 100 valence electrons. The van der Waals surface area contributed by atoms with E-state index in [0.717, 1.165) is 17.3 Å². The van der Waals surface area contributed by atoms with Gasteiger partial charge in [-0.05, 0) is 24.6 Å². The molecule has 1 amide bonds. The van der Waals surface area contributed by atoms with E-state index in [1.54, 1.807) is 17.0 Å². The van der Waals surface area contributed by atoms with Crippen molar-refractivity contribution in [3.63, 3.8) is 0 Å². The minimum absolute atomic E-state index is 0.0451. The molecule has 1 fully saturated rings. The molecule has 1 saturated heterocycles. The summed E-state index contributed by atoms with van der Waals surface area (Å²) in [6, 6.07) is 5.35. The minimum atomic E-state index is -0.0451. The second kappa shape index (κ2) is 4.71. The topological polar surface area (TPSA) is 62.1 Å². The monoisotopic (exact) mass is 297 g/mol. The highest BCUT2D eigenvalue weighted by Crippen LogP contribution is 2.31. The first-order valence-corrected chi connectivity index (χ1v) is 6.83. The highest BCUT2D eigenvalue weighted by atomic mass is 35.5. The number of carbonyl (C=O) groups excluding carboxylic acids is 1. The number of carbonyl (C=O) groups is 1. The van der Waals surface area contributed by atoms with E-state index in [2.05, 4.69) is 4.98 Å². The smallest absolute Gasteiger partial charge is 0.270 e. The van der Waals surface area contributed by atoms with Crippen LogP contribution in [0, 0.1) is 0 Å². The van der Waals surface area contributed by atoms with Gasteiger partial charge in [-0.2, -0.15) is 0 Å². The first kappa shape index (κ1) is 12.8. The molecule has 0 aliphatic carbocycles. The summed E-state index contributed by atoms with van der Waals surface area (Å²) in [6.45, 7) is 1.30. The first-order valence-electron chi connectivity index (χ1n) is 6.08. The van der Waals surface area contributed by atoms with Crippen LogP contribution < -0.4 is 5.73 Å². The van der Waals surface area contributed by atoms with Gasteiger partial charge in [-0.1, -0.05) is 23.2 Å². The van der Waals surface area contributed by atoms with Crippen molar-refractivity contribution in [3.05, 3.63) is 33.9 Å². The van der Waals surface area contributed by atoms with Crippen molar-refractivity contribution < 1.29 is 4.79 Å². The standard InChI is InChI=1S/C13H13Cl2N3O/c14-9-1-2-10-8(12(9)15)5-11(17-10)13(19)18-4-3-7(16)6-18/h1-2,5,7,17H,3-4,6,16H2/t7-/m1/s1. The number of nitrogens with one attached hydrogen (secondary N) is 1. The Labute approximate surface area is 120 Å². The van der Waals surface area contributed by atoms with Crippen LogP contribution in [0.3, 0.4) is 0 Å².